The average molecular weight is 263 g/mol. The third kappa shape index (κ3) is 4.38. The molecule has 1 amide bonds. The number of aromatic amines is 1. The highest BCUT2D eigenvalue weighted by Crippen LogP contribution is 2.21. The second kappa shape index (κ2) is 5.88. The minimum Gasteiger partial charge on any atom is -0.352 e. The number of alkyl halides is 3. The maximum absolute atomic E-state index is 11.9. The molecular weight excluding hydrogens is 247 g/mol. The third-order valence-corrected chi connectivity index (χ3v) is 2.53. The molecule has 0 saturated heterocycles. The molecule has 1 aromatic rings. The van der Waals surface area contributed by atoms with Gasteiger partial charge in [-0.3, -0.25) is 9.89 Å². The Morgan fingerprint density at radius 1 is 1.33 bits per heavy atom. The summed E-state index contributed by atoms with van der Waals surface area (Å²) in [6.07, 6.45) is -4.61. The number of nitrogens with one attached hydrogen (secondary N) is 2. The summed E-state index contributed by atoms with van der Waals surface area (Å²) in [5, 5.41) is 9.15. The topological polar surface area (TPSA) is 57.8 Å². The van der Waals surface area contributed by atoms with Crippen LogP contribution in [0.4, 0.5) is 13.2 Å². The summed E-state index contributed by atoms with van der Waals surface area (Å²) in [6.45, 7) is 3.65. The lowest BCUT2D eigenvalue weighted by atomic mass is 10.2. The first-order chi connectivity index (χ1) is 8.31. The van der Waals surface area contributed by atoms with E-state index in [0.717, 1.165) is 0 Å². The van der Waals surface area contributed by atoms with Crippen LogP contribution in [0.2, 0.25) is 0 Å². The molecule has 1 heterocycles. The van der Waals surface area contributed by atoms with Gasteiger partial charge in [-0.05, 0) is 26.7 Å². The van der Waals surface area contributed by atoms with Gasteiger partial charge in [0.1, 0.15) is 0 Å². The molecule has 0 bridgehead atoms. The first-order valence-corrected chi connectivity index (χ1v) is 5.68. The van der Waals surface area contributed by atoms with Crippen LogP contribution in [0.15, 0.2) is 0 Å². The molecule has 0 unspecified atom stereocenters. The Kier molecular flexibility index (Phi) is 4.75. The van der Waals surface area contributed by atoms with Gasteiger partial charge in [0.2, 0.25) is 0 Å². The second-order valence-corrected chi connectivity index (χ2v) is 4.14. The highest BCUT2D eigenvalue weighted by Gasteiger charge is 2.25. The van der Waals surface area contributed by atoms with E-state index in [-0.39, 0.29) is 18.9 Å². The number of rotatable bonds is 5. The molecule has 0 fully saturated rings. The Labute approximate surface area is 103 Å². The minimum atomic E-state index is -4.12. The molecule has 0 aromatic carbocycles. The Hall–Kier alpha value is -1.53. The van der Waals surface area contributed by atoms with Crippen LogP contribution in [0.25, 0.3) is 0 Å². The van der Waals surface area contributed by atoms with E-state index in [2.05, 4.69) is 15.5 Å². The molecule has 0 radical (unpaired) electrons. The van der Waals surface area contributed by atoms with Crippen molar-refractivity contribution in [3.63, 3.8) is 0 Å². The smallest absolute Gasteiger partial charge is 0.352 e. The van der Waals surface area contributed by atoms with Gasteiger partial charge in [-0.1, -0.05) is 0 Å². The summed E-state index contributed by atoms with van der Waals surface area (Å²) in [4.78, 5) is 11.7. The zero-order chi connectivity index (χ0) is 13.8. The molecule has 0 aliphatic carbocycles. The third-order valence-electron chi connectivity index (χ3n) is 2.53. The summed E-state index contributed by atoms with van der Waals surface area (Å²) >= 11 is 0. The van der Waals surface area contributed by atoms with Gasteiger partial charge in [0.25, 0.3) is 5.91 Å². The van der Waals surface area contributed by atoms with Gasteiger partial charge < -0.3 is 5.32 Å². The Balaban J connectivity index is 2.31. The summed E-state index contributed by atoms with van der Waals surface area (Å²) in [5.41, 5.74) is 1.70. The quantitative estimate of drug-likeness (QED) is 0.802. The van der Waals surface area contributed by atoms with E-state index in [4.69, 9.17) is 0 Å². The summed E-state index contributed by atoms with van der Waals surface area (Å²) in [6, 6.07) is 0. The highest BCUT2D eigenvalue weighted by molar-refractivity contribution is 5.96. The first-order valence-electron chi connectivity index (χ1n) is 5.68. The summed E-state index contributed by atoms with van der Waals surface area (Å²) in [5.74, 6) is -0.300. The Bertz CT molecular complexity index is 393. The van der Waals surface area contributed by atoms with E-state index in [1.54, 1.807) is 13.8 Å². The van der Waals surface area contributed by atoms with E-state index in [9.17, 15) is 18.0 Å². The van der Waals surface area contributed by atoms with E-state index in [0.29, 0.717) is 23.4 Å². The van der Waals surface area contributed by atoms with E-state index >= 15 is 0 Å². The molecule has 102 valence electrons. The van der Waals surface area contributed by atoms with Crippen molar-refractivity contribution in [2.45, 2.75) is 39.3 Å². The number of carbonyl (C=O) groups is 1. The van der Waals surface area contributed by atoms with E-state index in [1.807, 2.05) is 0 Å². The molecule has 18 heavy (non-hydrogen) atoms. The monoisotopic (exact) mass is 263 g/mol. The van der Waals surface area contributed by atoms with Gasteiger partial charge in [0, 0.05) is 18.7 Å². The minimum absolute atomic E-state index is 0.0210. The number of hydrogen-bond acceptors (Lipinski definition) is 2. The fourth-order valence-electron chi connectivity index (χ4n) is 1.63. The van der Waals surface area contributed by atoms with Crippen molar-refractivity contribution in [2.24, 2.45) is 0 Å². The Morgan fingerprint density at radius 2 is 2.00 bits per heavy atom. The lowest BCUT2D eigenvalue weighted by Gasteiger charge is -2.07. The van der Waals surface area contributed by atoms with Crippen LogP contribution in [0.5, 0.6) is 0 Å². The van der Waals surface area contributed by atoms with Gasteiger partial charge in [0.05, 0.1) is 11.3 Å². The van der Waals surface area contributed by atoms with Crippen molar-refractivity contribution < 1.29 is 18.0 Å². The van der Waals surface area contributed by atoms with Gasteiger partial charge in [-0.15, -0.1) is 0 Å². The van der Waals surface area contributed by atoms with Gasteiger partial charge in [-0.2, -0.15) is 18.3 Å². The van der Waals surface area contributed by atoms with Crippen molar-refractivity contribution >= 4 is 5.91 Å². The number of amides is 1. The molecule has 1 aromatic heterocycles. The number of unbranched alkanes of at least 4 members (excludes halogenated alkanes) is 1. The summed E-state index contributed by atoms with van der Waals surface area (Å²) < 4.78 is 35.6. The van der Waals surface area contributed by atoms with Crippen LogP contribution in [0.3, 0.4) is 0 Å². The van der Waals surface area contributed by atoms with Crippen LogP contribution >= 0.6 is 0 Å². The lowest BCUT2D eigenvalue weighted by Crippen LogP contribution is -2.25. The molecule has 0 aliphatic rings. The standard InChI is InChI=1S/C11H16F3N3O/c1-7-9(8(2)17-16-7)10(18)15-6-4-3-5-11(12,13)14/h3-6H2,1-2H3,(H,15,18)(H,16,17). The van der Waals surface area contributed by atoms with Crippen LogP contribution in [0, 0.1) is 13.8 Å². The maximum Gasteiger partial charge on any atom is 0.389 e. The summed E-state index contributed by atoms with van der Waals surface area (Å²) in [7, 11) is 0. The number of halogens is 3. The highest BCUT2D eigenvalue weighted by atomic mass is 19.4. The number of carbonyl (C=O) groups excluding carboxylic acids is 1. The normalized spacial score (nSPS) is 11.6. The molecule has 0 atom stereocenters. The first kappa shape index (κ1) is 14.5. The predicted octanol–water partition coefficient (Wildman–Crippen LogP) is 2.49. The van der Waals surface area contributed by atoms with E-state index < -0.39 is 12.6 Å². The zero-order valence-corrected chi connectivity index (χ0v) is 10.3. The van der Waals surface area contributed by atoms with E-state index in [1.165, 1.54) is 0 Å². The molecular formula is C11H16F3N3O. The van der Waals surface area contributed by atoms with Gasteiger partial charge in [0.15, 0.2) is 0 Å². The number of aromatic nitrogens is 2. The molecule has 0 saturated carbocycles. The SMILES string of the molecule is Cc1n[nH]c(C)c1C(=O)NCCCCC(F)(F)F. The number of aryl methyl sites for hydroxylation is 2. The molecule has 0 spiro atoms. The van der Waals surface area contributed by atoms with Crippen LogP contribution < -0.4 is 5.32 Å². The fourth-order valence-corrected chi connectivity index (χ4v) is 1.63. The van der Waals surface area contributed by atoms with Gasteiger partial charge >= 0.3 is 6.18 Å². The van der Waals surface area contributed by atoms with Crippen molar-refractivity contribution in [3.8, 4) is 0 Å². The second-order valence-electron chi connectivity index (χ2n) is 4.14. The van der Waals surface area contributed by atoms with Crippen molar-refractivity contribution in [1.82, 2.24) is 15.5 Å². The van der Waals surface area contributed by atoms with Crippen LogP contribution in [-0.4, -0.2) is 28.8 Å². The van der Waals surface area contributed by atoms with Crippen molar-refractivity contribution in [1.29, 1.82) is 0 Å². The van der Waals surface area contributed by atoms with Crippen molar-refractivity contribution in [2.75, 3.05) is 6.54 Å². The molecule has 2 N–H and O–H groups in total. The fraction of sp³-hybridized carbons (Fsp3) is 0.636. The number of H-pyrrole nitrogens is 1. The number of hydrogen-bond donors (Lipinski definition) is 2. The lowest BCUT2D eigenvalue weighted by molar-refractivity contribution is -0.135. The largest absolute Gasteiger partial charge is 0.389 e. The number of nitrogens with zero attached hydrogens (tertiary/aromatic N) is 1. The molecule has 1 rings (SSSR count). The molecule has 0 aliphatic heterocycles. The van der Waals surface area contributed by atoms with Crippen LogP contribution in [0.1, 0.15) is 41.0 Å². The average Bonchev–Trinajstić information content (AvgIpc) is 2.56. The molecule has 7 heteroatoms. The van der Waals surface area contributed by atoms with Gasteiger partial charge in [-0.25, -0.2) is 0 Å². The predicted molar refractivity (Wildman–Crippen MR) is 60.3 cm³/mol. The van der Waals surface area contributed by atoms with Crippen LogP contribution in [-0.2, 0) is 0 Å². The molecule has 4 nitrogen and oxygen atoms in total. The van der Waals surface area contributed by atoms with Crippen molar-refractivity contribution in [3.05, 3.63) is 17.0 Å². The Morgan fingerprint density at radius 3 is 2.50 bits per heavy atom. The maximum atomic E-state index is 11.9. The zero-order valence-electron chi connectivity index (χ0n) is 10.3.